The Morgan fingerprint density at radius 2 is 2.00 bits per heavy atom. The first-order valence-electron chi connectivity index (χ1n) is 9.99. The molecule has 1 aromatic carbocycles. The zero-order valence-electron chi connectivity index (χ0n) is 16.4. The minimum Gasteiger partial charge on any atom is -0.358 e. The van der Waals surface area contributed by atoms with Gasteiger partial charge >= 0.3 is 0 Å². The molecule has 2 N–H and O–H groups in total. The molecule has 0 aliphatic carbocycles. The van der Waals surface area contributed by atoms with Crippen LogP contribution >= 0.6 is 0 Å². The van der Waals surface area contributed by atoms with E-state index in [0.717, 1.165) is 46.5 Å². The van der Waals surface area contributed by atoms with Gasteiger partial charge in [0, 0.05) is 36.2 Å². The highest BCUT2D eigenvalue weighted by molar-refractivity contribution is 6.08. The van der Waals surface area contributed by atoms with Crippen LogP contribution in [0.25, 0.3) is 21.9 Å². The van der Waals surface area contributed by atoms with E-state index in [9.17, 15) is 4.79 Å². The highest BCUT2D eigenvalue weighted by atomic mass is 16.1. The smallest absolute Gasteiger partial charge is 0.253 e. The van der Waals surface area contributed by atoms with Crippen LogP contribution in [-0.2, 0) is 6.54 Å². The topological polar surface area (TPSA) is 91.7 Å². The fourth-order valence-electron chi connectivity index (χ4n) is 4.16. The number of carbonyl (C=O) groups is 1. The summed E-state index contributed by atoms with van der Waals surface area (Å²) >= 11 is 0. The molecular formula is C21H23N7O. The van der Waals surface area contributed by atoms with Crippen molar-refractivity contribution in [3.05, 3.63) is 48.0 Å². The zero-order valence-corrected chi connectivity index (χ0v) is 16.4. The van der Waals surface area contributed by atoms with Gasteiger partial charge in [0.15, 0.2) is 5.65 Å². The molecule has 8 nitrogen and oxygen atoms in total. The molecule has 0 saturated carbocycles. The number of aromatic amines is 1. The van der Waals surface area contributed by atoms with Gasteiger partial charge in [-0.2, -0.15) is 5.10 Å². The van der Waals surface area contributed by atoms with Gasteiger partial charge in [0.2, 0.25) is 0 Å². The third-order valence-electron chi connectivity index (χ3n) is 5.55. The lowest BCUT2D eigenvalue weighted by Crippen LogP contribution is -2.28. The molecule has 8 heteroatoms. The predicted molar refractivity (Wildman–Crippen MR) is 112 cm³/mol. The van der Waals surface area contributed by atoms with Crippen molar-refractivity contribution in [3.63, 3.8) is 0 Å². The minimum atomic E-state index is -0.0798. The molecule has 1 amide bonds. The molecule has 29 heavy (non-hydrogen) atoms. The number of hydrogen-bond acceptors (Lipinski definition) is 5. The van der Waals surface area contributed by atoms with Crippen LogP contribution in [0.3, 0.4) is 0 Å². The number of nitrogens with one attached hydrogen (secondary N) is 2. The van der Waals surface area contributed by atoms with Crippen LogP contribution in [-0.4, -0.2) is 50.3 Å². The second kappa shape index (κ2) is 7.20. The highest BCUT2D eigenvalue weighted by Crippen LogP contribution is 2.25. The number of anilines is 1. The van der Waals surface area contributed by atoms with Gasteiger partial charge < -0.3 is 15.2 Å². The van der Waals surface area contributed by atoms with E-state index in [1.54, 1.807) is 6.33 Å². The number of para-hydroxylation sites is 1. The Hall–Kier alpha value is -3.42. The molecule has 5 rings (SSSR count). The summed E-state index contributed by atoms with van der Waals surface area (Å²) in [6, 6.07) is 7.85. The van der Waals surface area contributed by atoms with Gasteiger partial charge in [-0.3, -0.25) is 4.79 Å². The molecule has 1 fully saturated rings. The molecule has 0 spiro atoms. The number of aromatic nitrogens is 5. The van der Waals surface area contributed by atoms with E-state index in [1.807, 2.05) is 42.1 Å². The van der Waals surface area contributed by atoms with Gasteiger partial charge in [0.05, 0.1) is 23.7 Å². The number of carbonyl (C=O) groups excluding carboxylic acids is 1. The Balaban J connectivity index is 1.31. The van der Waals surface area contributed by atoms with Crippen molar-refractivity contribution < 1.29 is 4.79 Å². The maximum absolute atomic E-state index is 12.8. The van der Waals surface area contributed by atoms with Crippen molar-refractivity contribution >= 4 is 33.7 Å². The SMILES string of the molecule is Cc1[nH]c2ccccc2c1C(=O)NCCn1ncc2c(N3CCCC3)ncnc21. The van der Waals surface area contributed by atoms with E-state index in [1.165, 1.54) is 12.8 Å². The summed E-state index contributed by atoms with van der Waals surface area (Å²) in [6.07, 6.45) is 5.81. The number of amides is 1. The summed E-state index contributed by atoms with van der Waals surface area (Å²) in [5, 5.41) is 9.41. The maximum atomic E-state index is 12.8. The van der Waals surface area contributed by atoms with E-state index < -0.39 is 0 Å². The van der Waals surface area contributed by atoms with Gasteiger partial charge in [-0.15, -0.1) is 0 Å². The predicted octanol–water partition coefficient (Wildman–Crippen LogP) is 2.65. The van der Waals surface area contributed by atoms with Crippen LogP contribution in [0, 0.1) is 6.92 Å². The molecule has 0 bridgehead atoms. The molecular weight excluding hydrogens is 366 g/mol. The third kappa shape index (κ3) is 3.10. The van der Waals surface area contributed by atoms with E-state index >= 15 is 0 Å². The van der Waals surface area contributed by atoms with Gasteiger partial charge in [-0.05, 0) is 25.8 Å². The molecule has 0 atom stereocenters. The van der Waals surface area contributed by atoms with E-state index in [0.29, 0.717) is 18.7 Å². The molecule has 4 aromatic rings. The molecule has 1 aliphatic rings. The van der Waals surface area contributed by atoms with Crippen LogP contribution in [0.4, 0.5) is 5.82 Å². The van der Waals surface area contributed by atoms with Gasteiger partial charge in [0.1, 0.15) is 12.1 Å². The number of benzene rings is 1. The lowest BCUT2D eigenvalue weighted by atomic mass is 10.1. The quantitative estimate of drug-likeness (QED) is 0.547. The first-order valence-corrected chi connectivity index (χ1v) is 9.99. The summed E-state index contributed by atoms with van der Waals surface area (Å²) in [7, 11) is 0. The second-order valence-corrected chi connectivity index (χ2v) is 7.42. The number of fused-ring (bicyclic) bond motifs is 2. The van der Waals surface area contributed by atoms with Gasteiger partial charge in [-0.25, -0.2) is 14.6 Å². The Morgan fingerprint density at radius 1 is 1.17 bits per heavy atom. The monoisotopic (exact) mass is 389 g/mol. The van der Waals surface area contributed by atoms with Crippen molar-refractivity contribution in [3.8, 4) is 0 Å². The fraction of sp³-hybridized carbons (Fsp3) is 0.333. The van der Waals surface area contributed by atoms with Crippen LogP contribution in [0.2, 0.25) is 0 Å². The maximum Gasteiger partial charge on any atom is 0.253 e. The van der Waals surface area contributed by atoms with Gasteiger partial charge in [0.25, 0.3) is 5.91 Å². The van der Waals surface area contributed by atoms with Crippen molar-refractivity contribution in [2.24, 2.45) is 0 Å². The largest absolute Gasteiger partial charge is 0.358 e. The number of H-pyrrole nitrogens is 1. The standard InChI is InChI=1S/C21H23N7O/c1-14-18(15-6-2-3-7-17(15)26-14)21(29)22-8-11-28-20-16(12-25-28)19(23-13-24-20)27-9-4-5-10-27/h2-3,6-7,12-13,26H,4-5,8-11H2,1H3,(H,22,29). The first kappa shape index (κ1) is 17.7. The molecule has 0 radical (unpaired) electrons. The fourth-order valence-corrected chi connectivity index (χ4v) is 4.16. The minimum absolute atomic E-state index is 0.0798. The molecule has 1 saturated heterocycles. The number of rotatable bonds is 5. The van der Waals surface area contributed by atoms with Crippen LogP contribution in [0.5, 0.6) is 0 Å². The summed E-state index contributed by atoms with van der Waals surface area (Å²) in [5.41, 5.74) is 3.35. The van der Waals surface area contributed by atoms with E-state index in [2.05, 4.69) is 30.3 Å². The van der Waals surface area contributed by atoms with E-state index in [4.69, 9.17) is 0 Å². The lowest BCUT2D eigenvalue weighted by molar-refractivity contribution is 0.0953. The van der Waals surface area contributed by atoms with Crippen molar-refractivity contribution in [1.82, 2.24) is 30.0 Å². The average Bonchev–Trinajstić information content (AvgIpc) is 3.46. The normalized spacial score (nSPS) is 14.2. The van der Waals surface area contributed by atoms with Crippen LogP contribution in [0.1, 0.15) is 28.9 Å². The Kier molecular flexibility index (Phi) is 4.38. The Labute approximate surface area is 167 Å². The third-order valence-corrected chi connectivity index (χ3v) is 5.55. The lowest BCUT2D eigenvalue weighted by Gasteiger charge is -2.16. The van der Waals surface area contributed by atoms with Crippen molar-refractivity contribution in [2.75, 3.05) is 24.5 Å². The first-order chi connectivity index (χ1) is 14.2. The summed E-state index contributed by atoms with van der Waals surface area (Å²) in [5.74, 6) is 0.876. The van der Waals surface area contributed by atoms with Crippen molar-refractivity contribution in [1.29, 1.82) is 0 Å². The Bertz CT molecular complexity index is 1190. The highest BCUT2D eigenvalue weighted by Gasteiger charge is 2.19. The van der Waals surface area contributed by atoms with E-state index in [-0.39, 0.29) is 5.91 Å². The van der Waals surface area contributed by atoms with Crippen molar-refractivity contribution in [2.45, 2.75) is 26.3 Å². The van der Waals surface area contributed by atoms with Gasteiger partial charge in [-0.1, -0.05) is 18.2 Å². The van der Waals surface area contributed by atoms with Crippen LogP contribution < -0.4 is 10.2 Å². The molecule has 4 heterocycles. The second-order valence-electron chi connectivity index (χ2n) is 7.42. The molecule has 3 aromatic heterocycles. The molecule has 0 unspecified atom stereocenters. The summed E-state index contributed by atoms with van der Waals surface area (Å²) in [6.45, 7) is 4.99. The number of aryl methyl sites for hydroxylation is 1. The summed E-state index contributed by atoms with van der Waals surface area (Å²) in [4.78, 5) is 27.2. The number of hydrogen-bond donors (Lipinski definition) is 2. The zero-order chi connectivity index (χ0) is 19.8. The average molecular weight is 389 g/mol. The molecule has 1 aliphatic heterocycles. The number of nitrogens with zero attached hydrogens (tertiary/aromatic N) is 5. The van der Waals surface area contributed by atoms with Crippen LogP contribution in [0.15, 0.2) is 36.8 Å². The summed E-state index contributed by atoms with van der Waals surface area (Å²) < 4.78 is 1.83. The Morgan fingerprint density at radius 3 is 2.86 bits per heavy atom. The molecule has 148 valence electrons.